The zero-order chi connectivity index (χ0) is 16.8. The van der Waals surface area contributed by atoms with E-state index in [1.165, 1.54) is 12.1 Å². The lowest BCUT2D eigenvalue weighted by Gasteiger charge is -2.21. The fourth-order valence-corrected chi connectivity index (χ4v) is 2.24. The lowest BCUT2D eigenvalue weighted by Crippen LogP contribution is -2.33. The molecule has 3 nitrogen and oxygen atoms in total. The summed E-state index contributed by atoms with van der Waals surface area (Å²) in [5.41, 5.74) is 1.53. The van der Waals surface area contributed by atoms with E-state index in [4.69, 9.17) is 4.74 Å². The number of hydrogen-bond acceptors (Lipinski definition) is 3. The van der Waals surface area contributed by atoms with Gasteiger partial charge in [0, 0.05) is 24.7 Å². The molecule has 5 heteroatoms. The first-order valence-corrected chi connectivity index (χ1v) is 7.44. The van der Waals surface area contributed by atoms with Crippen LogP contribution in [0.15, 0.2) is 42.5 Å². The molecule has 1 unspecified atom stereocenters. The molecule has 0 aliphatic rings. The van der Waals surface area contributed by atoms with Crippen molar-refractivity contribution in [2.24, 2.45) is 0 Å². The fourth-order valence-electron chi connectivity index (χ4n) is 2.24. The van der Waals surface area contributed by atoms with Crippen molar-refractivity contribution in [3.8, 4) is 5.75 Å². The average Bonchev–Trinajstić information content (AvgIpc) is 2.49. The molecular formula is C18H21F2NO2. The summed E-state index contributed by atoms with van der Waals surface area (Å²) in [7, 11) is 1.76. The van der Waals surface area contributed by atoms with E-state index in [1.54, 1.807) is 11.9 Å². The van der Waals surface area contributed by atoms with Crippen molar-refractivity contribution in [3.63, 3.8) is 0 Å². The highest BCUT2D eigenvalue weighted by atomic mass is 19.1. The summed E-state index contributed by atoms with van der Waals surface area (Å²) in [6, 6.07) is 11.1. The third-order valence-corrected chi connectivity index (χ3v) is 3.44. The summed E-state index contributed by atoms with van der Waals surface area (Å²) in [5, 5.41) is 10.0. The van der Waals surface area contributed by atoms with Crippen LogP contribution in [0.1, 0.15) is 11.1 Å². The predicted molar refractivity (Wildman–Crippen MR) is 85.4 cm³/mol. The van der Waals surface area contributed by atoms with Crippen LogP contribution in [-0.4, -0.2) is 36.3 Å². The molecule has 0 heterocycles. The molecule has 0 radical (unpaired) electrons. The van der Waals surface area contributed by atoms with Crippen molar-refractivity contribution in [1.29, 1.82) is 0 Å². The van der Waals surface area contributed by atoms with E-state index in [0.717, 1.165) is 11.6 Å². The van der Waals surface area contributed by atoms with Crippen molar-refractivity contribution < 1.29 is 18.6 Å². The first-order chi connectivity index (χ1) is 10.9. The Morgan fingerprint density at radius 3 is 2.48 bits per heavy atom. The molecule has 0 bridgehead atoms. The minimum absolute atomic E-state index is 0.152. The summed E-state index contributed by atoms with van der Waals surface area (Å²) >= 11 is 0. The molecule has 0 aliphatic carbocycles. The average molecular weight is 321 g/mol. The number of nitrogens with zero attached hydrogens (tertiary/aromatic N) is 1. The van der Waals surface area contributed by atoms with Crippen molar-refractivity contribution in [2.75, 3.05) is 20.2 Å². The van der Waals surface area contributed by atoms with Gasteiger partial charge in [0.1, 0.15) is 30.1 Å². The van der Waals surface area contributed by atoms with Gasteiger partial charge in [-0.05, 0) is 32.2 Å². The molecule has 0 amide bonds. The van der Waals surface area contributed by atoms with Gasteiger partial charge in [0.15, 0.2) is 0 Å². The second-order valence-corrected chi connectivity index (χ2v) is 5.71. The number of ether oxygens (including phenoxy) is 1. The largest absolute Gasteiger partial charge is 0.491 e. The van der Waals surface area contributed by atoms with Gasteiger partial charge >= 0.3 is 0 Å². The van der Waals surface area contributed by atoms with Crippen molar-refractivity contribution in [3.05, 3.63) is 65.2 Å². The smallest absolute Gasteiger partial charge is 0.130 e. The van der Waals surface area contributed by atoms with Gasteiger partial charge in [-0.3, -0.25) is 4.90 Å². The number of hydrogen-bond donors (Lipinski definition) is 1. The Labute approximate surface area is 135 Å². The first-order valence-electron chi connectivity index (χ1n) is 7.44. The molecule has 2 rings (SSSR count). The number of aryl methyl sites for hydroxylation is 1. The third-order valence-electron chi connectivity index (χ3n) is 3.44. The van der Waals surface area contributed by atoms with Crippen LogP contribution in [0.4, 0.5) is 8.78 Å². The van der Waals surface area contributed by atoms with Crippen molar-refractivity contribution in [2.45, 2.75) is 19.6 Å². The van der Waals surface area contributed by atoms with Gasteiger partial charge in [-0.25, -0.2) is 8.78 Å². The summed E-state index contributed by atoms with van der Waals surface area (Å²) < 4.78 is 32.0. The second-order valence-electron chi connectivity index (χ2n) is 5.71. The molecule has 0 saturated carbocycles. The lowest BCUT2D eigenvalue weighted by atomic mass is 10.2. The number of halogens is 2. The van der Waals surface area contributed by atoms with Gasteiger partial charge < -0.3 is 9.84 Å². The van der Waals surface area contributed by atoms with E-state index in [-0.39, 0.29) is 13.2 Å². The highest BCUT2D eigenvalue weighted by molar-refractivity contribution is 5.26. The van der Waals surface area contributed by atoms with Crippen LogP contribution in [0.25, 0.3) is 0 Å². The Morgan fingerprint density at radius 2 is 1.83 bits per heavy atom. The lowest BCUT2D eigenvalue weighted by molar-refractivity contribution is 0.0741. The highest BCUT2D eigenvalue weighted by Gasteiger charge is 2.12. The number of aliphatic hydroxyl groups excluding tert-OH is 1. The maximum atomic E-state index is 13.6. The molecule has 124 valence electrons. The van der Waals surface area contributed by atoms with Crippen LogP contribution in [-0.2, 0) is 6.54 Å². The normalized spacial score (nSPS) is 12.4. The predicted octanol–water partition coefficient (Wildman–Crippen LogP) is 3.14. The minimum atomic E-state index is -0.704. The van der Waals surface area contributed by atoms with Crippen LogP contribution in [0, 0.1) is 18.6 Å². The maximum absolute atomic E-state index is 13.6. The topological polar surface area (TPSA) is 32.7 Å². The number of likely N-dealkylation sites (N-methyl/N-ethyl adjacent to an activating group) is 1. The second kappa shape index (κ2) is 8.04. The van der Waals surface area contributed by atoms with Gasteiger partial charge in [0.25, 0.3) is 0 Å². The monoisotopic (exact) mass is 321 g/mol. The summed E-state index contributed by atoms with van der Waals surface area (Å²) in [5.74, 6) is -0.482. The van der Waals surface area contributed by atoms with E-state index >= 15 is 0 Å². The zero-order valence-electron chi connectivity index (χ0n) is 13.3. The van der Waals surface area contributed by atoms with Gasteiger partial charge in [-0.15, -0.1) is 0 Å². The molecule has 0 spiro atoms. The van der Waals surface area contributed by atoms with Gasteiger partial charge in [-0.1, -0.05) is 23.8 Å². The summed E-state index contributed by atoms with van der Waals surface area (Å²) in [4.78, 5) is 1.76. The van der Waals surface area contributed by atoms with Crippen LogP contribution >= 0.6 is 0 Å². The maximum Gasteiger partial charge on any atom is 0.130 e. The molecular weight excluding hydrogens is 300 g/mol. The minimum Gasteiger partial charge on any atom is -0.491 e. The molecule has 2 aromatic rings. The molecule has 0 saturated heterocycles. The Bertz CT molecular complexity index is 631. The van der Waals surface area contributed by atoms with E-state index in [0.29, 0.717) is 17.9 Å². The summed E-state index contributed by atoms with van der Waals surface area (Å²) in [6.07, 6.45) is -0.704. The number of benzene rings is 2. The van der Waals surface area contributed by atoms with Crippen LogP contribution in [0.3, 0.4) is 0 Å². The molecule has 0 aromatic heterocycles. The van der Waals surface area contributed by atoms with E-state index < -0.39 is 17.7 Å². The molecule has 23 heavy (non-hydrogen) atoms. The van der Waals surface area contributed by atoms with Gasteiger partial charge in [0.2, 0.25) is 0 Å². The van der Waals surface area contributed by atoms with Crippen molar-refractivity contribution in [1.82, 2.24) is 4.90 Å². The zero-order valence-corrected chi connectivity index (χ0v) is 13.3. The van der Waals surface area contributed by atoms with Crippen LogP contribution in [0.2, 0.25) is 0 Å². The summed E-state index contributed by atoms with van der Waals surface area (Å²) in [6.45, 7) is 2.75. The number of rotatable bonds is 7. The van der Waals surface area contributed by atoms with Crippen LogP contribution < -0.4 is 4.74 Å². The Hall–Kier alpha value is -1.98. The fraction of sp³-hybridized carbons (Fsp3) is 0.333. The first kappa shape index (κ1) is 17.4. The quantitative estimate of drug-likeness (QED) is 0.850. The van der Waals surface area contributed by atoms with Gasteiger partial charge in [-0.2, -0.15) is 0 Å². The standard InChI is InChI=1S/C18H21F2NO2/c1-13-3-7-17(8-4-13)23-12-16(22)11-21(2)10-14-5-6-15(19)9-18(14)20/h3-9,16,22H,10-12H2,1-2H3. The Balaban J connectivity index is 1.79. The Morgan fingerprint density at radius 1 is 1.13 bits per heavy atom. The van der Waals surface area contributed by atoms with E-state index in [1.807, 2.05) is 31.2 Å². The number of aliphatic hydroxyl groups is 1. The SMILES string of the molecule is Cc1ccc(OCC(O)CN(C)Cc2ccc(F)cc2F)cc1. The third kappa shape index (κ3) is 5.62. The van der Waals surface area contributed by atoms with E-state index in [9.17, 15) is 13.9 Å². The highest BCUT2D eigenvalue weighted by Crippen LogP contribution is 2.13. The molecule has 0 fully saturated rings. The van der Waals surface area contributed by atoms with Gasteiger partial charge in [0.05, 0.1) is 0 Å². The Kier molecular flexibility index (Phi) is 6.07. The molecule has 1 atom stereocenters. The van der Waals surface area contributed by atoms with Crippen LogP contribution in [0.5, 0.6) is 5.75 Å². The molecule has 0 aliphatic heterocycles. The molecule has 1 N–H and O–H groups in total. The van der Waals surface area contributed by atoms with E-state index in [2.05, 4.69) is 0 Å². The van der Waals surface area contributed by atoms with Crippen molar-refractivity contribution >= 4 is 0 Å². The molecule has 2 aromatic carbocycles.